The molecule has 0 fully saturated rings. The Balaban J connectivity index is 2.36. The SMILES string of the molecule is CCOC(=O)c1ncc(NC(=O)CCCN(C)C(=O)OC(C)(C)C)[nH]1. The fourth-order valence-corrected chi connectivity index (χ4v) is 1.81. The van der Waals surface area contributed by atoms with Crippen molar-refractivity contribution in [2.45, 2.75) is 46.1 Å². The van der Waals surface area contributed by atoms with E-state index in [1.165, 1.54) is 11.1 Å². The number of amides is 2. The van der Waals surface area contributed by atoms with Crippen molar-refractivity contribution in [2.75, 3.05) is 25.5 Å². The molecule has 0 bridgehead atoms. The van der Waals surface area contributed by atoms with Gasteiger partial charge in [-0.3, -0.25) is 4.79 Å². The lowest BCUT2D eigenvalue weighted by Gasteiger charge is -2.24. The number of carbonyl (C=O) groups excluding carboxylic acids is 3. The molecule has 1 aromatic heterocycles. The summed E-state index contributed by atoms with van der Waals surface area (Å²) in [7, 11) is 1.62. The molecule has 0 aromatic carbocycles. The Bertz CT molecular complexity index is 606. The molecule has 9 nitrogen and oxygen atoms in total. The predicted molar refractivity (Wildman–Crippen MR) is 91.3 cm³/mol. The Morgan fingerprint density at radius 3 is 2.60 bits per heavy atom. The zero-order valence-corrected chi connectivity index (χ0v) is 15.3. The van der Waals surface area contributed by atoms with Crippen molar-refractivity contribution in [3.8, 4) is 0 Å². The third-order valence-corrected chi connectivity index (χ3v) is 2.92. The summed E-state index contributed by atoms with van der Waals surface area (Å²) >= 11 is 0. The summed E-state index contributed by atoms with van der Waals surface area (Å²) in [6.45, 7) is 7.70. The quantitative estimate of drug-likeness (QED) is 0.726. The summed E-state index contributed by atoms with van der Waals surface area (Å²) in [6, 6.07) is 0. The summed E-state index contributed by atoms with van der Waals surface area (Å²) in [4.78, 5) is 43.1. The number of carbonyl (C=O) groups is 3. The molecule has 25 heavy (non-hydrogen) atoms. The van der Waals surface area contributed by atoms with Crippen molar-refractivity contribution in [1.82, 2.24) is 14.9 Å². The van der Waals surface area contributed by atoms with Crippen LogP contribution in [0.4, 0.5) is 10.6 Å². The Labute approximate surface area is 147 Å². The number of hydrogen-bond acceptors (Lipinski definition) is 6. The van der Waals surface area contributed by atoms with E-state index in [1.54, 1.807) is 34.7 Å². The van der Waals surface area contributed by atoms with Gasteiger partial charge in [0, 0.05) is 20.0 Å². The third-order valence-electron chi connectivity index (χ3n) is 2.92. The molecule has 0 saturated carbocycles. The van der Waals surface area contributed by atoms with E-state index in [9.17, 15) is 14.4 Å². The maximum absolute atomic E-state index is 11.9. The van der Waals surface area contributed by atoms with Gasteiger partial charge in [-0.25, -0.2) is 14.6 Å². The van der Waals surface area contributed by atoms with Crippen molar-refractivity contribution in [3.05, 3.63) is 12.0 Å². The highest BCUT2D eigenvalue weighted by Crippen LogP contribution is 2.10. The summed E-state index contributed by atoms with van der Waals surface area (Å²) < 4.78 is 10.0. The van der Waals surface area contributed by atoms with Crippen LogP contribution in [0.25, 0.3) is 0 Å². The van der Waals surface area contributed by atoms with E-state index in [1.807, 2.05) is 0 Å². The lowest BCUT2D eigenvalue weighted by molar-refractivity contribution is -0.116. The molecule has 140 valence electrons. The summed E-state index contributed by atoms with van der Waals surface area (Å²) in [6.07, 6.45) is 1.60. The molecule has 0 aliphatic carbocycles. The summed E-state index contributed by atoms with van der Waals surface area (Å²) in [5, 5.41) is 2.60. The van der Waals surface area contributed by atoms with E-state index in [2.05, 4.69) is 15.3 Å². The molecule has 2 N–H and O–H groups in total. The molecule has 1 heterocycles. The fraction of sp³-hybridized carbons (Fsp3) is 0.625. The number of ether oxygens (including phenoxy) is 2. The fourth-order valence-electron chi connectivity index (χ4n) is 1.81. The molecular formula is C16H26N4O5. The first-order valence-electron chi connectivity index (χ1n) is 8.08. The van der Waals surface area contributed by atoms with Crippen LogP contribution in [-0.4, -0.2) is 58.6 Å². The molecule has 0 saturated heterocycles. The number of aromatic nitrogens is 2. The molecule has 0 radical (unpaired) electrons. The van der Waals surface area contributed by atoms with Gasteiger partial charge in [0.2, 0.25) is 11.7 Å². The standard InChI is InChI=1S/C16H26N4O5/c1-6-24-14(22)13-17-10-11(19-13)18-12(21)8-7-9-20(5)15(23)25-16(2,3)4/h10H,6-9H2,1-5H3,(H,17,19)(H,18,21). The number of nitrogens with one attached hydrogen (secondary N) is 2. The van der Waals surface area contributed by atoms with Crippen molar-refractivity contribution in [3.63, 3.8) is 0 Å². The second kappa shape index (κ2) is 9.05. The number of aromatic amines is 1. The highest BCUT2D eigenvalue weighted by Gasteiger charge is 2.19. The monoisotopic (exact) mass is 354 g/mol. The summed E-state index contributed by atoms with van der Waals surface area (Å²) in [5.74, 6) is -0.492. The van der Waals surface area contributed by atoms with E-state index in [4.69, 9.17) is 9.47 Å². The zero-order valence-electron chi connectivity index (χ0n) is 15.3. The topological polar surface area (TPSA) is 114 Å². The smallest absolute Gasteiger partial charge is 0.410 e. The molecule has 1 rings (SSSR count). The Morgan fingerprint density at radius 2 is 2.00 bits per heavy atom. The van der Waals surface area contributed by atoms with Crippen LogP contribution in [0.3, 0.4) is 0 Å². The van der Waals surface area contributed by atoms with Gasteiger partial charge in [0.15, 0.2) is 0 Å². The highest BCUT2D eigenvalue weighted by atomic mass is 16.6. The first-order chi connectivity index (χ1) is 11.6. The zero-order chi connectivity index (χ0) is 19.0. The number of anilines is 1. The van der Waals surface area contributed by atoms with Crippen LogP contribution in [-0.2, 0) is 14.3 Å². The Morgan fingerprint density at radius 1 is 1.32 bits per heavy atom. The number of hydrogen-bond donors (Lipinski definition) is 2. The molecule has 0 atom stereocenters. The van der Waals surface area contributed by atoms with Crippen molar-refractivity contribution >= 4 is 23.8 Å². The van der Waals surface area contributed by atoms with Crippen LogP contribution in [0, 0.1) is 0 Å². The van der Waals surface area contributed by atoms with Crippen molar-refractivity contribution < 1.29 is 23.9 Å². The largest absolute Gasteiger partial charge is 0.460 e. The van der Waals surface area contributed by atoms with Gasteiger partial charge in [0.25, 0.3) is 0 Å². The third kappa shape index (κ3) is 7.69. The van der Waals surface area contributed by atoms with E-state index in [-0.39, 0.29) is 24.8 Å². The minimum atomic E-state index is -0.581. The van der Waals surface area contributed by atoms with E-state index in [0.29, 0.717) is 18.8 Å². The molecule has 0 unspecified atom stereocenters. The van der Waals surface area contributed by atoms with E-state index >= 15 is 0 Å². The van der Waals surface area contributed by atoms with Gasteiger partial charge >= 0.3 is 12.1 Å². The van der Waals surface area contributed by atoms with Gasteiger partial charge in [-0.1, -0.05) is 0 Å². The van der Waals surface area contributed by atoms with Crippen LogP contribution in [0.15, 0.2) is 6.20 Å². The molecule has 0 aliphatic rings. The molecule has 2 amide bonds. The summed E-state index contributed by atoms with van der Waals surface area (Å²) in [5.41, 5.74) is -0.556. The van der Waals surface area contributed by atoms with Crippen LogP contribution in [0.2, 0.25) is 0 Å². The molecule has 0 aliphatic heterocycles. The van der Waals surface area contributed by atoms with Crippen molar-refractivity contribution in [1.29, 1.82) is 0 Å². The van der Waals surface area contributed by atoms with E-state index in [0.717, 1.165) is 0 Å². The molecule has 0 spiro atoms. The minimum Gasteiger partial charge on any atom is -0.460 e. The molecular weight excluding hydrogens is 328 g/mol. The van der Waals surface area contributed by atoms with E-state index < -0.39 is 17.7 Å². The second-order valence-corrected chi connectivity index (χ2v) is 6.42. The number of imidazole rings is 1. The molecule has 1 aromatic rings. The van der Waals surface area contributed by atoms with Crippen LogP contribution >= 0.6 is 0 Å². The minimum absolute atomic E-state index is 0.0295. The lowest BCUT2D eigenvalue weighted by Crippen LogP contribution is -2.35. The predicted octanol–water partition coefficient (Wildman–Crippen LogP) is 2.17. The average Bonchev–Trinajstić information content (AvgIpc) is 2.94. The number of rotatable bonds is 7. The van der Waals surface area contributed by atoms with Gasteiger partial charge in [-0.15, -0.1) is 0 Å². The first kappa shape index (κ1) is 20.5. The number of nitrogens with zero attached hydrogens (tertiary/aromatic N) is 2. The normalized spacial score (nSPS) is 10.9. The average molecular weight is 354 g/mol. The second-order valence-electron chi connectivity index (χ2n) is 6.42. The number of esters is 1. The van der Waals surface area contributed by atoms with Gasteiger partial charge in [0.1, 0.15) is 11.4 Å². The van der Waals surface area contributed by atoms with Crippen LogP contribution < -0.4 is 5.32 Å². The Kier molecular flexibility index (Phi) is 7.41. The first-order valence-corrected chi connectivity index (χ1v) is 8.08. The van der Waals surface area contributed by atoms with Gasteiger partial charge in [-0.05, 0) is 34.1 Å². The van der Waals surface area contributed by atoms with Crippen LogP contribution in [0.5, 0.6) is 0 Å². The maximum atomic E-state index is 11.9. The van der Waals surface area contributed by atoms with Crippen LogP contribution in [0.1, 0.15) is 51.2 Å². The lowest BCUT2D eigenvalue weighted by atomic mass is 10.2. The van der Waals surface area contributed by atoms with Gasteiger partial charge in [0.05, 0.1) is 12.8 Å². The van der Waals surface area contributed by atoms with Gasteiger partial charge in [-0.2, -0.15) is 0 Å². The van der Waals surface area contributed by atoms with Crippen molar-refractivity contribution in [2.24, 2.45) is 0 Å². The van der Waals surface area contributed by atoms with Gasteiger partial charge < -0.3 is 24.7 Å². The molecule has 9 heteroatoms. The number of H-pyrrole nitrogens is 1. The Hall–Kier alpha value is -2.58. The highest BCUT2D eigenvalue weighted by molar-refractivity contribution is 5.91. The maximum Gasteiger partial charge on any atom is 0.410 e.